The summed E-state index contributed by atoms with van der Waals surface area (Å²) >= 11 is 1.55. The standard InChI is InChI=1S/C20H19N5OS/c1-12-7-18(25(2)23-12)19(26)17-11-22-20-16(17)9-14(10-21-20)13-5-4-6-15(8-13)24-27-3/h4-11,24H,1-3H3,(H,21,22). The molecule has 4 aromatic rings. The number of hydrogen-bond donors (Lipinski definition) is 2. The van der Waals surface area contributed by atoms with Crippen molar-refractivity contribution < 1.29 is 4.79 Å². The van der Waals surface area contributed by atoms with Crippen molar-refractivity contribution in [2.45, 2.75) is 6.92 Å². The van der Waals surface area contributed by atoms with Crippen LogP contribution in [-0.4, -0.2) is 31.8 Å². The summed E-state index contributed by atoms with van der Waals surface area (Å²) in [5, 5.41) is 5.08. The fourth-order valence-corrected chi connectivity index (χ4v) is 3.55. The molecule has 0 bridgehead atoms. The molecule has 6 nitrogen and oxygen atoms in total. The lowest BCUT2D eigenvalue weighted by atomic mass is 10.0. The van der Waals surface area contributed by atoms with E-state index < -0.39 is 0 Å². The quantitative estimate of drug-likeness (QED) is 0.403. The van der Waals surface area contributed by atoms with Crippen molar-refractivity contribution in [1.29, 1.82) is 0 Å². The molecule has 0 saturated carbocycles. The van der Waals surface area contributed by atoms with E-state index in [1.807, 2.05) is 43.6 Å². The molecule has 1 aromatic carbocycles. The number of hydrogen-bond acceptors (Lipinski definition) is 5. The van der Waals surface area contributed by atoms with Crippen LogP contribution in [0.1, 0.15) is 21.7 Å². The summed E-state index contributed by atoms with van der Waals surface area (Å²) in [5.74, 6) is -0.0684. The Labute approximate surface area is 161 Å². The van der Waals surface area contributed by atoms with E-state index in [0.717, 1.165) is 27.9 Å². The third-order valence-corrected chi connectivity index (χ3v) is 4.87. The summed E-state index contributed by atoms with van der Waals surface area (Å²) in [6.45, 7) is 1.88. The number of ketones is 1. The molecular formula is C20H19N5OS. The highest BCUT2D eigenvalue weighted by Gasteiger charge is 2.19. The molecule has 0 amide bonds. The highest BCUT2D eigenvalue weighted by atomic mass is 32.2. The smallest absolute Gasteiger partial charge is 0.213 e. The summed E-state index contributed by atoms with van der Waals surface area (Å²) in [6, 6.07) is 11.9. The Balaban J connectivity index is 1.79. The number of carbonyl (C=O) groups is 1. The van der Waals surface area contributed by atoms with Crippen LogP contribution in [0.5, 0.6) is 0 Å². The van der Waals surface area contributed by atoms with Crippen molar-refractivity contribution in [3.8, 4) is 11.1 Å². The van der Waals surface area contributed by atoms with Crippen LogP contribution in [0.4, 0.5) is 5.69 Å². The summed E-state index contributed by atoms with van der Waals surface area (Å²) < 4.78 is 4.85. The molecule has 3 aromatic heterocycles. The summed E-state index contributed by atoms with van der Waals surface area (Å²) in [7, 11) is 1.78. The summed E-state index contributed by atoms with van der Waals surface area (Å²) in [4.78, 5) is 20.6. The van der Waals surface area contributed by atoms with E-state index in [2.05, 4.69) is 25.9 Å². The number of fused-ring (bicyclic) bond motifs is 1. The average molecular weight is 377 g/mol. The van der Waals surface area contributed by atoms with Crippen molar-refractivity contribution in [2.24, 2.45) is 7.05 Å². The first-order valence-electron chi connectivity index (χ1n) is 8.48. The molecule has 0 fully saturated rings. The fraction of sp³-hybridized carbons (Fsp3) is 0.150. The molecule has 0 spiro atoms. The number of anilines is 1. The highest BCUT2D eigenvalue weighted by Crippen LogP contribution is 2.28. The van der Waals surface area contributed by atoms with Gasteiger partial charge in [0.15, 0.2) is 0 Å². The topological polar surface area (TPSA) is 75.6 Å². The Morgan fingerprint density at radius 3 is 2.81 bits per heavy atom. The molecule has 0 aliphatic carbocycles. The molecule has 0 aliphatic rings. The van der Waals surface area contributed by atoms with Gasteiger partial charge in [-0.2, -0.15) is 5.10 Å². The lowest BCUT2D eigenvalue weighted by Crippen LogP contribution is -2.07. The minimum atomic E-state index is -0.0684. The maximum atomic E-state index is 13.0. The van der Waals surface area contributed by atoms with Crippen LogP contribution < -0.4 is 4.72 Å². The molecule has 0 saturated heterocycles. The predicted molar refractivity (Wildman–Crippen MR) is 110 cm³/mol. The number of pyridine rings is 1. The Kier molecular flexibility index (Phi) is 4.45. The first-order chi connectivity index (χ1) is 13.1. The summed E-state index contributed by atoms with van der Waals surface area (Å²) in [5.41, 5.74) is 5.69. The third-order valence-electron chi connectivity index (χ3n) is 4.43. The number of rotatable bonds is 5. The largest absolute Gasteiger partial charge is 0.345 e. The second kappa shape index (κ2) is 6.92. The van der Waals surface area contributed by atoms with Crippen molar-refractivity contribution in [3.05, 3.63) is 65.7 Å². The van der Waals surface area contributed by atoms with E-state index in [-0.39, 0.29) is 5.78 Å². The lowest BCUT2D eigenvalue weighted by Gasteiger charge is -2.06. The number of carbonyl (C=O) groups excluding carboxylic acids is 1. The van der Waals surface area contributed by atoms with E-state index in [4.69, 9.17) is 0 Å². The number of H-pyrrole nitrogens is 1. The first-order valence-corrected chi connectivity index (χ1v) is 9.71. The maximum absolute atomic E-state index is 13.0. The van der Waals surface area contributed by atoms with Gasteiger partial charge in [-0.1, -0.05) is 24.1 Å². The molecule has 0 unspecified atom stereocenters. The molecule has 27 heavy (non-hydrogen) atoms. The van der Waals surface area contributed by atoms with Gasteiger partial charge in [0.25, 0.3) is 0 Å². The molecule has 7 heteroatoms. The van der Waals surface area contributed by atoms with Crippen LogP contribution in [0, 0.1) is 6.92 Å². The van der Waals surface area contributed by atoms with E-state index in [1.54, 1.807) is 35.9 Å². The summed E-state index contributed by atoms with van der Waals surface area (Å²) in [6.07, 6.45) is 5.52. The molecule has 4 rings (SSSR count). The number of aromatic nitrogens is 4. The van der Waals surface area contributed by atoms with Gasteiger partial charge in [0.1, 0.15) is 11.3 Å². The minimum absolute atomic E-state index is 0.0684. The zero-order valence-electron chi connectivity index (χ0n) is 15.3. The van der Waals surface area contributed by atoms with Crippen molar-refractivity contribution in [2.75, 3.05) is 11.0 Å². The monoisotopic (exact) mass is 377 g/mol. The van der Waals surface area contributed by atoms with Gasteiger partial charge in [-0.05, 0) is 36.8 Å². The lowest BCUT2D eigenvalue weighted by molar-refractivity contribution is 0.103. The zero-order chi connectivity index (χ0) is 19.0. The number of nitrogens with zero attached hydrogens (tertiary/aromatic N) is 3. The Hall–Kier alpha value is -3.06. The van der Waals surface area contributed by atoms with Crippen LogP contribution in [0.3, 0.4) is 0 Å². The fourth-order valence-electron chi connectivity index (χ4n) is 3.19. The zero-order valence-corrected chi connectivity index (χ0v) is 16.1. The Morgan fingerprint density at radius 1 is 1.22 bits per heavy atom. The van der Waals surface area contributed by atoms with Crippen molar-refractivity contribution in [3.63, 3.8) is 0 Å². The molecule has 0 radical (unpaired) electrons. The third kappa shape index (κ3) is 3.21. The van der Waals surface area contributed by atoms with Crippen LogP contribution in [0.15, 0.2) is 48.8 Å². The van der Waals surface area contributed by atoms with E-state index in [1.165, 1.54) is 0 Å². The number of nitrogens with one attached hydrogen (secondary N) is 2. The average Bonchev–Trinajstić information content (AvgIpc) is 3.23. The molecule has 0 atom stereocenters. The van der Waals surface area contributed by atoms with Gasteiger partial charge in [0.05, 0.1) is 11.3 Å². The molecule has 0 aliphatic heterocycles. The van der Waals surface area contributed by atoms with Gasteiger partial charge >= 0.3 is 0 Å². The molecule has 136 valence electrons. The normalized spacial score (nSPS) is 11.1. The van der Waals surface area contributed by atoms with Crippen LogP contribution in [0.25, 0.3) is 22.2 Å². The van der Waals surface area contributed by atoms with E-state index in [9.17, 15) is 4.79 Å². The maximum Gasteiger partial charge on any atom is 0.213 e. The second-order valence-corrected chi connectivity index (χ2v) is 6.95. The van der Waals surface area contributed by atoms with Crippen LogP contribution in [0.2, 0.25) is 0 Å². The molecule has 3 heterocycles. The van der Waals surface area contributed by atoms with Gasteiger partial charge in [-0.25, -0.2) is 4.98 Å². The van der Waals surface area contributed by atoms with Crippen molar-refractivity contribution in [1.82, 2.24) is 19.7 Å². The van der Waals surface area contributed by atoms with Gasteiger partial charge in [0.2, 0.25) is 5.78 Å². The van der Waals surface area contributed by atoms with Crippen LogP contribution in [-0.2, 0) is 7.05 Å². The number of benzene rings is 1. The van der Waals surface area contributed by atoms with Gasteiger partial charge in [-0.3, -0.25) is 9.48 Å². The second-order valence-electron chi connectivity index (χ2n) is 6.33. The number of aryl methyl sites for hydroxylation is 2. The van der Waals surface area contributed by atoms with Crippen LogP contribution >= 0.6 is 11.9 Å². The van der Waals surface area contributed by atoms with Crippen molar-refractivity contribution >= 4 is 34.5 Å². The first kappa shape index (κ1) is 17.4. The molecular weight excluding hydrogens is 358 g/mol. The minimum Gasteiger partial charge on any atom is -0.345 e. The Bertz CT molecular complexity index is 1140. The highest BCUT2D eigenvalue weighted by molar-refractivity contribution is 7.99. The SMILES string of the molecule is CSNc1cccc(-c2cnc3[nH]cc(C(=O)c4cc(C)nn4C)c3c2)c1. The predicted octanol–water partition coefficient (Wildman–Crippen LogP) is 4.19. The van der Waals surface area contributed by atoms with Gasteiger partial charge < -0.3 is 9.71 Å². The Morgan fingerprint density at radius 2 is 2.07 bits per heavy atom. The number of aromatic amines is 1. The van der Waals surface area contributed by atoms with E-state index in [0.29, 0.717) is 16.9 Å². The van der Waals surface area contributed by atoms with Gasteiger partial charge in [0, 0.05) is 42.3 Å². The van der Waals surface area contributed by atoms with Gasteiger partial charge in [-0.15, -0.1) is 0 Å². The van der Waals surface area contributed by atoms with E-state index >= 15 is 0 Å². The molecule has 2 N–H and O–H groups in total.